The fourth-order valence-corrected chi connectivity index (χ4v) is 3.02. The lowest BCUT2D eigenvalue weighted by atomic mass is 9.96. The first-order valence-corrected chi connectivity index (χ1v) is 8.36. The van der Waals surface area contributed by atoms with Gasteiger partial charge < -0.3 is 5.32 Å². The first kappa shape index (κ1) is 17.6. The number of nitrogens with one attached hydrogen (secondary N) is 1. The second kappa shape index (κ2) is 7.65. The quantitative estimate of drug-likeness (QED) is 0.814. The van der Waals surface area contributed by atoms with E-state index in [9.17, 15) is 4.79 Å². The van der Waals surface area contributed by atoms with Crippen molar-refractivity contribution >= 4 is 17.5 Å². The van der Waals surface area contributed by atoms with E-state index in [-0.39, 0.29) is 11.9 Å². The Morgan fingerprint density at radius 2 is 1.74 bits per heavy atom. The number of aryl methyl sites for hydroxylation is 4. The molecule has 0 aromatic heterocycles. The van der Waals surface area contributed by atoms with Crippen molar-refractivity contribution < 1.29 is 4.79 Å². The molecule has 2 rings (SSSR count). The van der Waals surface area contributed by atoms with Crippen LogP contribution < -0.4 is 5.32 Å². The molecule has 1 amide bonds. The fraction of sp³-hybridized carbons (Fsp3) is 0.350. The smallest absolute Gasteiger partial charge is 0.220 e. The molecule has 0 saturated heterocycles. The van der Waals surface area contributed by atoms with Crippen molar-refractivity contribution in [3.8, 4) is 0 Å². The maximum Gasteiger partial charge on any atom is 0.220 e. The number of hydrogen-bond acceptors (Lipinski definition) is 1. The Morgan fingerprint density at radius 3 is 2.43 bits per heavy atom. The van der Waals surface area contributed by atoms with E-state index in [4.69, 9.17) is 11.6 Å². The normalized spacial score (nSPS) is 12.0. The molecule has 0 unspecified atom stereocenters. The summed E-state index contributed by atoms with van der Waals surface area (Å²) in [6, 6.07) is 12.0. The highest BCUT2D eigenvalue weighted by Crippen LogP contribution is 2.22. The molecule has 0 fully saturated rings. The summed E-state index contributed by atoms with van der Waals surface area (Å²) in [5.74, 6) is 0.0510. The number of halogens is 1. The lowest BCUT2D eigenvalue weighted by Crippen LogP contribution is -2.27. The highest BCUT2D eigenvalue weighted by atomic mass is 35.5. The molecule has 122 valence electrons. The Morgan fingerprint density at radius 1 is 1.09 bits per heavy atom. The standard InChI is InChI=1S/C20H24ClNO/c1-13-11-15(3)18(12-14(13)2)16(4)22-20(23)10-9-17-7-5-6-8-19(17)21/h5-8,11-12,16H,9-10H2,1-4H3,(H,22,23)/t16-/m1/s1. The van der Waals surface area contributed by atoms with Gasteiger partial charge in [-0.15, -0.1) is 0 Å². The van der Waals surface area contributed by atoms with Gasteiger partial charge in [-0.2, -0.15) is 0 Å². The minimum atomic E-state index is 0.00745. The van der Waals surface area contributed by atoms with Crippen molar-refractivity contribution in [1.82, 2.24) is 5.32 Å². The second-order valence-electron chi connectivity index (χ2n) is 6.17. The minimum absolute atomic E-state index is 0.00745. The summed E-state index contributed by atoms with van der Waals surface area (Å²) in [6.07, 6.45) is 1.10. The van der Waals surface area contributed by atoms with Crippen LogP contribution in [0, 0.1) is 20.8 Å². The Bertz CT molecular complexity index is 709. The molecule has 1 N–H and O–H groups in total. The number of hydrogen-bond donors (Lipinski definition) is 1. The highest BCUT2D eigenvalue weighted by Gasteiger charge is 2.13. The number of carbonyl (C=O) groups excluding carboxylic acids is 1. The Labute approximate surface area is 143 Å². The summed E-state index contributed by atoms with van der Waals surface area (Å²) < 4.78 is 0. The van der Waals surface area contributed by atoms with Crippen LogP contribution in [0.4, 0.5) is 0 Å². The molecule has 3 heteroatoms. The van der Waals surface area contributed by atoms with Gasteiger partial charge in [0.15, 0.2) is 0 Å². The summed E-state index contributed by atoms with van der Waals surface area (Å²) in [6.45, 7) is 8.34. The second-order valence-corrected chi connectivity index (χ2v) is 6.58. The van der Waals surface area contributed by atoms with Gasteiger partial charge >= 0.3 is 0 Å². The number of amides is 1. The zero-order valence-corrected chi connectivity index (χ0v) is 15.0. The van der Waals surface area contributed by atoms with Gasteiger partial charge in [0.1, 0.15) is 0 Å². The van der Waals surface area contributed by atoms with Crippen molar-refractivity contribution in [2.45, 2.75) is 46.6 Å². The summed E-state index contributed by atoms with van der Waals surface area (Å²) in [5.41, 5.74) is 5.94. The first-order valence-electron chi connectivity index (χ1n) is 7.99. The number of carbonyl (C=O) groups is 1. The van der Waals surface area contributed by atoms with Crippen LogP contribution in [-0.2, 0) is 11.2 Å². The van der Waals surface area contributed by atoms with Crippen LogP contribution in [0.2, 0.25) is 5.02 Å². The predicted octanol–water partition coefficient (Wildman–Crippen LogP) is 5.08. The predicted molar refractivity (Wildman–Crippen MR) is 97.0 cm³/mol. The van der Waals surface area contributed by atoms with Crippen LogP contribution in [0.1, 0.15) is 47.2 Å². The highest BCUT2D eigenvalue weighted by molar-refractivity contribution is 6.31. The molecule has 2 nitrogen and oxygen atoms in total. The summed E-state index contributed by atoms with van der Waals surface area (Å²) in [4.78, 5) is 12.2. The van der Waals surface area contributed by atoms with Crippen LogP contribution in [0.15, 0.2) is 36.4 Å². The summed E-state index contributed by atoms with van der Waals surface area (Å²) in [5, 5.41) is 3.81. The van der Waals surface area contributed by atoms with Crippen LogP contribution in [0.3, 0.4) is 0 Å². The molecule has 0 aliphatic rings. The lowest BCUT2D eigenvalue weighted by molar-refractivity contribution is -0.121. The van der Waals surface area contributed by atoms with E-state index >= 15 is 0 Å². The molecule has 0 heterocycles. The third-order valence-corrected chi connectivity index (χ3v) is 4.67. The Kier molecular flexibility index (Phi) is 5.84. The molecule has 0 aliphatic carbocycles. The van der Waals surface area contributed by atoms with Crippen molar-refractivity contribution in [3.63, 3.8) is 0 Å². The van der Waals surface area contributed by atoms with Gasteiger partial charge in [0, 0.05) is 11.4 Å². The van der Waals surface area contributed by atoms with E-state index in [1.165, 1.54) is 22.3 Å². The van der Waals surface area contributed by atoms with Crippen molar-refractivity contribution in [2.24, 2.45) is 0 Å². The SMILES string of the molecule is Cc1cc(C)c([C@@H](C)NC(=O)CCc2ccccc2Cl)cc1C. The topological polar surface area (TPSA) is 29.1 Å². The average molecular weight is 330 g/mol. The summed E-state index contributed by atoms with van der Waals surface area (Å²) >= 11 is 6.13. The Balaban J connectivity index is 1.97. The minimum Gasteiger partial charge on any atom is -0.350 e. The van der Waals surface area contributed by atoms with E-state index in [0.717, 1.165) is 10.6 Å². The van der Waals surface area contributed by atoms with Crippen molar-refractivity contribution in [2.75, 3.05) is 0 Å². The van der Waals surface area contributed by atoms with Gasteiger partial charge in [-0.05, 0) is 68.0 Å². The molecular formula is C20H24ClNO. The zero-order valence-electron chi connectivity index (χ0n) is 14.2. The van der Waals surface area contributed by atoms with Crippen molar-refractivity contribution in [3.05, 3.63) is 69.2 Å². The third-order valence-electron chi connectivity index (χ3n) is 4.31. The molecule has 0 aliphatic heterocycles. The number of benzene rings is 2. The molecule has 23 heavy (non-hydrogen) atoms. The lowest BCUT2D eigenvalue weighted by Gasteiger charge is -2.18. The van der Waals surface area contributed by atoms with Crippen LogP contribution in [0.5, 0.6) is 0 Å². The van der Waals surface area contributed by atoms with Crippen molar-refractivity contribution in [1.29, 1.82) is 0 Å². The van der Waals surface area contributed by atoms with Crippen LogP contribution in [-0.4, -0.2) is 5.91 Å². The molecule has 0 spiro atoms. The van der Waals surface area contributed by atoms with E-state index in [0.29, 0.717) is 12.8 Å². The first-order chi connectivity index (χ1) is 10.9. The number of rotatable bonds is 5. The molecule has 1 atom stereocenters. The van der Waals surface area contributed by atoms with E-state index in [1.807, 2.05) is 31.2 Å². The zero-order chi connectivity index (χ0) is 17.0. The molecule has 2 aromatic carbocycles. The maximum absolute atomic E-state index is 12.2. The van der Waals surface area contributed by atoms with Gasteiger partial charge in [-0.1, -0.05) is 41.9 Å². The van der Waals surface area contributed by atoms with Gasteiger partial charge in [-0.25, -0.2) is 0 Å². The van der Waals surface area contributed by atoms with Crippen LogP contribution >= 0.6 is 11.6 Å². The van der Waals surface area contributed by atoms with E-state index in [2.05, 4.69) is 38.2 Å². The van der Waals surface area contributed by atoms with E-state index in [1.54, 1.807) is 0 Å². The molecule has 0 bridgehead atoms. The van der Waals surface area contributed by atoms with Gasteiger partial charge in [0.25, 0.3) is 0 Å². The molecule has 0 saturated carbocycles. The average Bonchev–Trinajstić information content (AvgIpc) is 2.50. The molecule has 2 aromatic rings. The van der Waals surface area contributed by atoms with Gasteiger partial charge in [-0.3, -0.25) is 4.79 Å². The largest absolute Gasteiger partial charge is 0.350 e. The Hall–Kier alpha value is -1.80. The van der Waals surface area contributed by atoms with Crippen LogP contribution in [0.25, 0.3) is 0 Å². The summed E-state index contributed by atoms with van der Waals surface area (Å²) in [7, 11) is 0. The maximum atomic E-state index is 12.2. The third kappa shape index (κ3) is 4.59. The molecular weight excluding hydrogens is 306 g/mol. The monoisotopic (exact) mass is 329 g/mol. The van der Waals surface area contributed by atoms with Gasteiger partial charge in [0.2, 0.25) is 5.91 Å². The van der Waals surface area contributed by atoms with E-state index < -0.39 is 0 Å². The molecule has 0 radical (unpaired) electrons. The van der Waals surface area contributed by atoms with Gasteiger partial charge in [0.05, 0.1) is 6.04 Å². The fourth-order valence-electron chi connectivity index (χ4n) is 2.79.